The van der Waals surface area contributed by atoms with Crippen LogP contribution in [0.5, 0.6) is 5.75 Å². The third-order valence-corrected chi connectivity index (χ3v) is 2.83. The Bertz CT molecular complexity index is 286. The summed E-state index contributed by atoms with van der Waals surface area (Å²) >= 11 is 3.33. The Balaban J connectivity index is 2.64. The molecule has 0 bridgehead atoms. The molecule has 0 amide bonds. The van der Waals surface area contributed by atoms with E-state index < -0.39 is 8.25 Å². The number of benzene rings is 1. The average molecular weight is 265 g/mol. The molecule has 13 heavy (non-hydrogen) atoms. The van der Waals surface area contributed by atoms with Gasteiger partial charge >= 0.3 is 8.25 Å². The van der Waals surface area contributed by atoms with Gasteiger partial charge in [0.25, 0.3) is 0 Å². The molecule has 5 heteroatoms. The third kappa shape index (κ3) is 3.51. The molecule has 3 nitrogen and oxygen atoms in total. The molecule has 0 N–H and O–H groups in total. The molecule has 0 heterocycles. The molecule has 0 aliphatic carbocycles. The van der Waals surface area contributed by atoms with Gasteiger partial charge in [-0.05, 0) is 17.7 Å². The van der Waals surface area contributed by atoms with Crippen molar-refractivity contribution in [3.63, 3.8) is 0 Å². The van der Waals surface area contributed by atoms with Crippen LogP contribution in [0.3, 0.4) is 0 Å². The lowest BCUT2D eigenvalue weighted by molar-refractivity contribution is 0.349. The van der Waals surface area contributed by atoms with Gasteiger partial charge in [0, 0.05) is 12.4 Å². The molecule has 0 aromatic heterocycles. The zero-order chi connectivity index (χ0) is 9.68. The lowest BCUT2D eigenvalue weighted by Crippen LogP contribution is -1.83. The summed E-state index contributed by atoms with van der Waals surface area (Å²) in [6.07, 6.45) is 0. The van der Waals surface area contributed by atoms with Gasteiger partial charge in [-0.25, -0.2) is 4.57 Å². The molecule has 1 rings (SSSR count). The molecule has 0 saturated carbocycles. The monoisotopic (exact) mass is 264 g/mol. The highest BCUT2D eigenvalue weighted by atomic mass is 79.9. The van der Waals surface area contributed by atoms with E-state index >= 15 is 0 Å². The molecule has 72 valence electrons. The van der Waals surface area contributed by atoms with Crippen LogP contribution in [-0.4, -0.2) is 7.11 Å². The van der Waals surface area contributed by atoms with Crippen LogP contribution in [0.2, 0.25) is 0 Å². The minimum absolute atomic E-state index is 0.565. The molecule has 1 atom stereocenters. The van der Waals surface area contributed by atoms with Gasteiger partial charge in [-0.15, -0.1) is 0 Å². The molecule has 0 radical (unpaired) electrons. The van der Waals surface area contributed by atoms with Crippen molar-refractivity contribution in [1.29, 1.82) is 0 Å². The summed E-state index contributed by atoms with van der Waals surface area (Å²) in [4.78, 5) is 0. The third-order valence-electron chi connectivity index (χ3n) is 1.45. The Morgan fingerprint density at radius 3 is 2.46 bits per heavy atom. The SMILES string of the molecule is CO[PH](=O)Oc1ccc(CBr)cc1. The largest absolute Gasteiger partial charge is 0.426 e. The molecule has 0 saturated heterocycles. The van der Waals surface area contributed by atoms with Gasteiger partial charge in [-0.2, -0.15) is 0 Å². The van der Waals surface area contributed by atoms with Crippen LogP contribution in [0.15, 0.2) is 24.3 Å². The van der Waals surface area contributed by atoms with E-state index in [0.717, 1.165) is 10.9 Å². The van der Waals surface area contributed by atoms with Crippen molar-refractivity contribution < 1.29 is 13.6 Å². The minimum atomic E-state index is -2.36. The lowest BCUT2D eigenvalue weighted by atomic mass is 10.2. The molecule has 0 aliphatic heterocycles. The lowest BCUT2D eigenvalue weighted by Gasteiger charge is -2.03. The normalized spacial score (nSPS) is 12.5. The Labute approximate surface area is 86.1 Å². The van der Waals surface area contributed by atoms with Crippen molar-refractivity contribution in [3.8, 4) is 5.75 Å². The van der Waals surface area contributed by atoms with E-state index in [-0.39, 0.29) is 0 Å². The fourth-order valence-corrected chi connectivity index (χ4v) is 1.57. The van der Waals surface area contributed by atoms with Gasteiger partial charge in [0.05, 0.1) is 0 Å². The summed E-state index contributed by atoms with van der Waals surface area (Å²) in [6.45, 7) is 0. The van der Waals surface area contributed by atoms with Gasteiger partial charge in [-0.3, -0.25) is 0 Å². The van der Waals surface area contributed by atoms with Crippen molar-refractivity contribution in [3.05, 3.63) is 29.8 Å². The van der Waals surface area contributed by atoms with Crippen LogP contribution in [0, 0.1) is 0 Å². The number of rotatable bonds is 4. The number of hydrogen-bond donors (Lipinski definition) is 0. The highest BCUT2D eigenvalue weighted by Crippen LogP contribution is 2.26. The van der Waals surface area contributed by atoms with Crippen LogP contribution in [0.1, 0.15) is 5.56 Å². The number of hydrogen-bond acceptors (Lipinski definition) is 3. The second-order valence-corrected chi connectivity index (χ2v) is 4.01. The van der Waals surface area contributed by atoms with E-state index in [0.29, 0.717) is 5.75 Å². The second-order valence-electron chi connectivity index (χ2n) is 2.33. The van der Waals surface area contributed by atoms with E-state index in [1.807, 2.05) is 12.1 Å². The van der Waals surface area contributed by atoms with Gasteiger partial charge in [0.2, 0.25) is 0 Å². The van der Waals surface area contributed by atoms with Crippen LogP contribution in [0.25, 0.3) is 0 Å². The van der Waals surface area contributed by atoms with Crippen molar-refractivity contribution in [2.45, 2.75) is 5.33 Å². The Morgan fingerprint density at radius 2 is 2.00 bits per heavy atom. The maximum absolute atomic E-state index is 10.9. The van der Waals surface area contributed by atoms with Gasteiger partial charge in [0.15, 0.2) is 0 Å². The molecular weight excluding hydrogens is 255 g/mol. The van der Waals surface area contributed by atoms with Crippen molar-refractivity contribution in [2.75, 3.05) is 7.11 Å². The second kappa shape index (κ2) is 5.43. The predicted octanol–water partition coefficient (Wildman–Crippen LogP) is 3.00. The quantitative estimate of drug-likeness (QED) is 0.620. The maximum Gasteiger partial charge on any atom is 0.367 e. The van der Waals surface area contributed by atoms with E-state index in [9.17, 15) is 4.57 Å². The van der Waals surface area contributed by atoms with E-state index in [4.69, 9.17) is 4.52 Å². The highest BCUT2D eigenvalue weighted by Gasteiger charge is 1.98. The molecule has 1 aromatic carbocycles. The summed E-state index contributed by atoms with van der Waals surface area (Å²) in [6, 6.07) is 7.32. The zero-order valence-electron chi connectivity index (χ0n) is 7.12. The summed E-state index contributed by atoms with van der Waals surface area (Å²) < 4.78 is 20.4. The Morgan fingerprint density at radius 1 is 1.38 bits per heavy atom. The first-order valence-electron chi connectivity index (χ1n) is 3.67. The van der Waals surface area contributed by atoms with E-state index in [2.05, 4.69) is 20.5 Å². The van der Waals surface area contributed by atoms with Gasteiger partial charge < -0.3 is 9.05 Å². The molecule has 1 aromatic rings. The Kier molecular flexibility index (Phi) is 4.50. The smallest absolute Gasteiger partial charge is 0.367 e. The first-order valence-corrected chi connectivity index (χ1v) is 6.01. The maximum atomic E-state index is 10.9. The van der Waals surface area contributed by atoms with Crippen LogP contribution in [-0.2, 0) is 14.4 Å². The molecule has 0 fully saturated rings. The van der Waals surface area contributed by atoms with Gasteiger partial charge in [0.1, 0.15) is 5.75 Å². The van der Waals surface area contributed by atoms with Crippen LogP contribution < -0.4 is 4.52 Å². The van der Waals surface area contributed by atoms with E-state index in [1.54, 1.807) is 12.1 Å². The fraction of sp³-hybridized carbons (Fsp3) is 0.250. The zero-order valence-corrected chi connectivity index (χ0v) is 9.71. The van der Waals surface area contributed by atoms with Crippen molar-refractivity contribution in [1.82, 2.24) is 0 Å². The topological polar surface area (TPSA) is 35.5 Å². The molecule has 1 unspecified atom stereocenters. The average Bonchev–Trinajstić information content (AvgIpc) is 2.19. The highest BCUT2D eigenvalue weighted by molar-refractivity contribution is 9.08. The molecular formula is C8H10BrO3P. The predicted molar refractivity (Wildman–Crippen MR) is 55.7 cm³/mol. The van der Waals surface area contributed by atoms with Crippen LogP contribution >= 0.6 is 24.2 Å². The minimum Gasteiger partial charge on any atom is -0.426 e. The fourth-order valence-electron chi connectivity index (χ4n) is 0.784. The first kappa shape index (κ1) is 10.8. The molecule has 0 aliphatic rings. The summed E-state index contributed by atoms with van der Waals surface area (Å²) in [5.41, 5.74) is 1.14. The standard InChI is InChI=1S/C8H10BrO3P/c1-11-13(10)12-8-4-2-7(6-9)3-5-8/h2-5,13H,6H2,1H3. The van der Waals surface area contributed by atoms with E-state index in [1.165, 1.54) is 7.11 Å². The molecule has 0 spiro atoms. The van der Waals surface area contributed by atoms with Crippen molar-refractivity contribution in [2.24, 2.45) is 0 Å². The summed E-state index contributed by atoms with van der Waals surface area (Å²) in [5.74, 6) is 0.565. The van der Waals surface area contributed by atoms with Crippen LogP contribution in [0.4, 0.5) is 0 Å². The summed E-state index contributed by atoms with van der Waals surface area (Å²) in [5, 5.41) is 0.798. The Hall–Kier alpha value is -0.310. The summed E-state index contributed by atoms with van der Waals surface area (Å²) in [7, 11) is -1.01. The number of halogens is 1. The first-order chi connectivity index (χ1) is 6.26. The number of alkyl halides is 1. The van der Waals surface area contributed by atoms with Crippen molar-refractivity contribution >= 4 is 24.2 Å². The van der Waals surface area contributed by atoms with Gasteiger partial charge in [-0.1, -0.05) is 28.1 Å².